The summed E-state index contributed by atoms with van der Waals surface area (Å²) in [5.74, 6) is 2.31. The fourth-order valence-corrected chi connectivity index (χ4v) is 14.5. The lowest BCUT2D eigenvalue weighted by Crippen LogP contribution is -2.18. The second-order valence-electron chi connectivity index (χ2n) is 32.9. The summed E-state index contributed by atoms with van der Waals surface area (Å²) in [6.07, 6.45) is 5.54. The van der Waals surface area contributed by atoms with Crippen molar-refractivity contribution < 1.29 is 4.74 Å². The highest BCUT2D eigenvalue weighted by atomic mass is 16.5. The van der Waals surface area contributed by atoms with E-state index < -0.39 is 0 Å². The quantitative estimate of drug-likeness (QED) is 0.171. The van der Waals surface area contributed by atoms with Crippen LogP contribution in [0.15, 0.2) is 152 Å². The molecule has 1 fully saturated rings. The van der Waals surface area contributed by atoms with Crippen LogP contribution in [0, 0.1) is 41.5 Å². The average molecular weight is 1200 g/mol. The SMILES string of the molecule is COc1cc(C(C)(C)C)c(C)c2ccccc12.Cc1c(C(C)(C)C)cc(C(C)(C)C)c2ccccc12.Cc1c(C(C)(C)C)cc(C(C)C)c2ccccc12.Cc1c(C(C)(C)C)cc(C2CCCC2)c2ccccc12.Cc1cc(C(C)(C)C)c(C)c2ccccc12. The van der Waals surface area contributed by atoms with Gasteiger partial charge in [-0.25, -0.2) is 0 Å². The van der Waals surface area contributed by atoms with E-state index in [1.165, 1.54) is 152 Å². The van der Waals surface area contributed by atoms with Crippen LogP contribution >= 0.6 is 0 Å². The van der Waals surface area contributed by atoms with E-state index in [9.17, 15) is 0 Å². The first-order valence-corrected chi connectivity index (χ1v) is 33.9. The minimum Gasteiger partial charge on any atom is -0.496 e. The monoisotopic (exact) mass is 1200 g/mol. The fraction of sp³-hybridized carbons (Fsp3) is 0.438. The molecule has 0 unspecified atom stereocenters. The lowest BCUT2D eigenvalue weighted by Gasteiger charge is -2.29. The van der Waals surface area contributed by atoms with Crippen molar-refractivity contribution in [3.05, 3.63) is 230 Å². The molecular formula is C89H116O. The summed E-state index contributed by atoms with van der Waals surface area (Å²) < 4.78 is 5.52. The minimum atomic E-state index is 0.140. The highest BCUT2D eigenvalue weighted by Crippen LogP contribution is 2.44. The molecule has 0 bridgehead atoms. The van der Waals surface area contributed by atoms with Crippen molar-refractivity contribution in [2.75, 3.05) is 7.11 Å². The Bertz CT molecular complexity index is 4130. The molecule has 0 aliphatic heterocycles. The van der Waals surface area contributed by atoms with E-state index in [0.29, 0.717) is 5.92 Å². The predicted octanol–water partition coefficient (Wildman–Crippen LogP) is 26.6. The maximum atomic E-state index is 5.52. The van der Waals surface area contributed by atoms with Gasteiger partial charge in [-0.2, -0.15) is 0 Å². The van der Waals surface area contributed by atoms with Crippen LogP contribution < -0.4 is 4.74 Å². The summed E-state index contributed by atoms with van der Waals surface area (Å²) in [4.78, 5) is 0. The van der Waals surface area contributed by atoms with Gasteiger partial charge in [0.05, 0.1) is 7.11 Å². The molecule has 0 N–H and O–H groups in total. The van der Waals surface area contributed by atoms with E-state index in [-0.39, 0.29) is 32.5 Å². The van der Waals surface area contributed by atoms with E-state index in [4.69, 9.17) is 4.74 Å². The Labute approximate surface area is 547 Å². The molecular weight excluding hydrogens is 1080 g/mol. The molecule has 478 valence electrons. The lowest BCUT2D eigenvalue weighted by atomic mass is 9.76. The van der Waals surface area contributed by atoms with Gasteiger partial charge in [0.1, 0.15) is 5.75 Å². The van der Waals surface area contributed by atoms with Gasteiger partial charge in [-0.15, -0.1) is 0 Å². The third-order valence-corrected chi connectivity index (χ3v) is 19.3. The molecule has 1 saturated carbocycles. The van der Waals surface area contributed by atoms with Crippen LogP contribution in [0.25, 0.3) is 53.9 Å². The Morgan fingerprint density at radius 1 is 0.311 bits per heavy atom. The minimum absolute atomic E-state index is 0.140. The molecule has 1 aliphatic carbocycles. The second kappa shape index (κ2) is 27.6. The van der Waals surface area contributed by atoms with Crippen LogP contribution in [0.2, 0.25) is 0 Å². The molecule has 0 radical (unpaired) electrons. The van der Waals surface area contributed by atoms with E-state index >= 15 is 0 Å². The number of hydrogen-bond donors (Lipinski definition) is 0. The van der Waals surface area contributed by atoms with Crippen LogP contribution in [-0.4, -0.2) is 7.11 Å². The van der Waals surface area contributed by atoms with Crippen molar-refractivity contribution >= 4 is 53.9 Å². The van der Waals surface area contributed by atoms with E-state index in [2.05, 4.69) is 332 Å². The number of ether oxygens (including phenoxy) is 1. The van der Waals surface area contributed by atoms with Crippen LogP contribution in [0.5, 0.6) is 5.75 Å². The number of methoxy groups -OCH3 is 1. The zero-order valence-electron chi connectivity index (χ0n) is 61.3. The normalized spacial score (nSPS) is 13.4. The topological polar surface area (TPSA) is 9.23 Å². The molecule has 0 aromatic heterocycles. The number of fused-ring (bicyclic) bond motifs is 5. The summed E-state index contributed by atoms with van der Waals surface area (Å²) in [6, 6.07) is 55.6. The zero-order valence-corrected chi connectivity index (χ0v) is 61.3. The maximum absolute atomic E-state index is 5.52. The van der Waals surface area contributed by atoms with Crippen LogP contribution in [-0.2, 0) is 32.5 Å². The van der Waals surface area contributed by atoms with Crippen molar-refractivity contribution in [3.8, 4) is 5.75 Å². The average Bonchev–Trinajstić information content (AvgIpc) is 0.914. The van der Waals surface area contributed by atoms with Gasteiger partial charge in [-0.3, -0.25) is 0 Å². The van der Waals surface area contributed by atoms with Gasteiger partial charge in [-0.05, 0) is 231 Å². The van der Waals surface area contributed by atoms with E-state index in [0.717, 1.165) is 11.7 Å². The van der Waals surface area contributed by atoms with Gasteiger partial charge in [0.2, 0.25) is 0 Å². The van der Waals surface area contributed by atoms with Crippen molar-refractivity contribution in [2.24, 2.45) is 0 Å². The Balaban J connectivity index is 0.000000160. The standard InChI is InChI=1S/C20H26.C19H26.C18H24.C16H20O.C16H20/c1-14-16-11-7-8-12-17(16)18(15-9-5-6-10-15)13-19(14)20(2,3)4;1-13-14-10-8-9-11-15(14)17(19(5,6)7)12-16(13)18(2,3)4;1-12(2)16-11-17(18(4,5)6)13(3)14-9-7-8-10-15(14)16;1-11-12-8-6-7-9-13(12)15(17-5)10-14(11)16(2,3)4;1-11-10-15(16(3,4)5)12(2)14-9-7-6-8-13(11)14/h7-8,11-13,15H,5-6,9-10H2,1-4H3;8-12H,1-7H3;7-12H,1-6H3;6-10H,1-5H3;6-10H,1-5H3. The summed E-state index contributed by atoms with van der Waals surface area (Å²) in [5, 5.41) is 13.8. The molecule has 10 aromatic carbocycles. The van der Waals surface area contributed by atoms with Gasteiger partial charge >= 0.3 is 0 Å². The molecule has 1 nitrogen and oxygen atoms in total. The van der Waals surface area contributed by atoms with Crippen LogP contribution in [0.1, 0.15) is 254 Å². The molecule has 0 heterocycles. The van der Waals surface area contributed by atoms with Gasteiger partial charge in [0.25, 0.3) is 0 Å². The van der Waals surface area contributed by atoms with Gasteiger partial charge in [0, 0.05) is 5.39 Å². The van der Waals surface area contributed by atoms with Crippen molar-refractivity contribution in [3.63, 3.8) is 0 Å². The lowest BCUT2D eigenvalue weighted by molar-refractivity contribution is 0.417. The Kier molecular flexibility index (Phi) is 21.7. The first-order valence-electron chi connectivity index (χ1n) is 33.9. The molecule has 0 amide bonds. The summed E-state index contributed by atoms with van der Waals surface area (Å²) in [7, 11) is 1.74. The first-order chi connectivity index (χ1) is 41.8. The Hall–Kier alpha value is -6.70. The van der Waals surface area contributed by atoms with Gasteiger partial charge in [-0.1, -0.05) is 297 Å². The van der Waals surface area contributed by atoms with Crippen molar-refractivity contribution in [2.45, 2.75) is 250 Å². The molecule has 90 heavy (non-hydrogen) atoms. The first kappa shape index (κ1) is 70.8. The zero-order chi connectivity index (χ0) is 66.8. The van der Waals surface area contributed by atoms with Crippen molar-refractivity contribution in [1.29, 1.82) is 0 Å². The Morgan fingerprint density at radius 3 is 1.00 bits per heavy atom. The largest absolute Gasteiger partial charge is 0.496 e. The third kappa shape index (κ3) is 15.9. The summed E-state index contributed by atoms with van der Waals surface area (Å²) in [5.41, 5.74) is 21.5. The summed E-state index contributed by atoms with van der Waals surface area (Å²) >= 11 is 0. The summed E-state index contributed by atoms with van der Waals surface area (Å²) in [6.45, 7) is 59.3. The van der Waals surface area contributed by atoms with Gasteiger partial charge in [0.15, 0.2) is 0 Å². The molecule has 0 saturated heterocycles. The number of hydrogen-bond acceptors (Lipinski definition) is 1. The molecule has 10 aromatic rings. The van der Waals surface area contributed by atoms with E-state index in [1.807, 2.05) is 0 Å². The molecule has 0 atom stereocenters. The molecule has 0 spiro atoms. The highest BCUT2D eigenvalue weighted by Gasteiger charge is 2.28. The second-order valence-corrected chi connectivity index (χ2v) is 32.9. The van der Waals surface area contributed by atoms with Crippen molar-refractivity contribution in [1.82, 2.24) is 0 Å². The molecule has 11 rings (SSSR count). The smallest absolute Gasteiger partial charge is 0.126 e. The molecule has 1 heteroatoms. The third-order valence-electron chi connectivity index (χ3n) is 19.3. The van der Waals surface area contributed by atoms with Gasteiger partial charge < -0.3 is 4.74 Å². The Morgan fingerprint density at radius 2 is 0.600 bits per heavy atom. The fourth-order valence-electron chi connectivity index (χ4n) is 14.5. The van der Waals surface area contributed by atoms with E-state index in [1.54, 1.807) is 12.7 Å². The number of benzene rings is 10. The number of rotatable bonds is 3. The number of aryl methyl sites for hydroxylation is 6. The highest BCUT2D eigenvalue weighted by molar-refractivity contribution is 5.94. The van der Waals surface area contributed by atoms with Crippen LogP contribution in [0.4, 0.5) is 0 Å². The molecule has 1 aliphatic rings. The van der Waals surface area contributed by atoms with Crippen LogP contribution in [0.3, 0.4) is 0 Å². The predicted molar refractivity (Wildman–Crippen MR) is 402 cm³/mol. The maximum Gasteiger partial charge on any atom is 0.126 e.